The molecule has 0 aliphatic carbocycles. The van der Waals surface area contributed by atoms with Crippen molar-refractivity contribution in [2.75, 3.05) is 0 Å². The van der Waals surface area contributed by atoms with Crippen molar-refractivity contribution >= 4 is 26.2 Å². The molecule has 0 heterocycles. The van der Waals surface area contributed by atoms with Crippen molar-refractivity contribution in [3.8, 4) is 0 Å². The van der Waals surface area contributed by atoms with E-state index in [0.29, 0.717) is 6.42 Å². The summed E-state index contributed by atoms with van der Waals surface area (Å²) in [6, 6.07) is 0. The van der Waals surface area contributed by atoms with E-state index in [1.807, 2.05) is 0 Å². The Morgan fingerprint density at radius 3 is 2.20 bits per heavy atom. The van der Waals surface area contributed by atoms with Crippen molar-refractivity contribution in [2.24, 2.45) is 0 Å². The Labute approximate surface area is 70.7 Å². The number of aliphatic hydroxyl groups is 1. The van der Waals surface area contributed by atoms with Crippen LogP contribution in [0, 0.1) is 0 Å². The molecule has 0 saturated carbocycles. The van der Waals surface area contributed by atoms with Crippen LogP contribution in [0.5, 0.6) is 0 Å². The first-order valence-corrected chi connectivity index (χ1v) is 14.1. The number of hydrogen-bond donors (Lipinski definition) is 1. The van der Waals surface area contributed by atoms with Gasteiger partial charge in [0.1, 0.15) is 0 Å². The molecule has 60 valence electrons. The van der Waals surface area contributed by atoms with Gasteiger partial charge in [-0.15, -0.1) is 0 Å². The van der Waals surface area contributed by atoms with E-state index in [-0.39, 0.29) is 6.10 Å². The second-order valence-electron chi connectivity index (χ2n) is 3.13. The van der Waals surface area contributed by atoms with Gasteiger partial charge in [-0.25, -0.2) is 0 Å². The normalized spacial score (nSPS) is 14.9. The summed E-state index contributed by atoms with van der Waals surface area (Å²) >= 11 is -2.38. The summed E-state index contributed by atoms with van der Waals surface area (Å²) in [6.45, 7) is 5.63. The maximum absolute atomic E-state index is 9.00. The molecule has 1 N–H and O–H groups in total. The van der Waals surface area contributed by atoms with Crippen molar-refractivity contribution in [1.29, 1.82) is 0 Å². The first-order chi connectivity index (χ1) is 4.34. The van der Waals surface area contributed by atoms with Crippen LogP contribution in [-0.2, 0) is 0 Å². The molecule has 0 aliphatic rings. The SMILES string of the molecule is C=[C](CC(C)O)[Sn]([CH3])([CH3])[Cl]. The zero-order valence-corrected chi connectivity index (χ0v) is 10.4. The number of halogens is 1. The molecule has 0 fully saturated rings. The summed E-state index contributed by atoms with van der Waals surface area (Å²) in [5.74, 6) is 0. The first kappa shape index (κ1) is 10.8. The molecule has 0 saturated heterocycles. The van der Waals surface area contributed by atoms with Crippen molar-refractivity contribution in [1.82, 2.24) is 0 Å². The van der Waals surface area contributed by atoms with E-state index in [0.717, 1.165) is 3.59 Å². The third-order valence-electron chi connectivity index (χ3n) is 1.38. The molecule has 0 rings (SSSR count). The predicted octanol–water partition coefficient (Wildman–Crippen LogP) is 2.30. The Morgan fingerprint density at radius 1 is 1.70 bits per heavy atom. The molecule has 0 aliphatic heterocycles. The van der Waals surface area contributed by atoms with Crippen molar-refractivity contribution in [2.45, 2.75) is 29.3 Å². The van der Waals surface area contributed by atoms with E-state index >= 15 is 0 Å². The van der Waals surface area contributed by atoms with E-state index < -0.39 is 17.3 Å². The quantitative estimate of drug-likeness (QED) is 0.780. The molecule has 0 aromatic carbocycles. The molecule has 1 atom stereocenters. The molecule has 0 aromatic rings. The van der Waals surface area contributed by atoms with Gasteiger partial charge in [-0.3, -0.25) is 0 Å². The number of rotatable bonds is 3. The van der Waals surface area contributed by atoms with Gasteiger partial charge in [0.05, 0.1) is 0 Å². The van der Waals surface area contributed by atoms with Crippen molar-refractivity contribution in [3.63, 3.8) is 0 Å². The molecule has 10 heavy (non-hydrogen) atoms. The topological polar surface area (TPSA) is 20.2 Å². The van der Waals surface area contributed by atoms with Gasteiger partial charge < -0.3 is 0 Å². The zero-order valence-electron chi connectivity index (χ0n) is 6.82. The minimum atomic E-state index is -2.38. The average molecular weight is 269 g/mol. The second kappa shape index (κ2) is 3.98. The molecule has 0 radical (unpaired) electrons. The van der Waals surface area contributed by atoms with Gasteiger partial charge in [0.25, 0.3) is 0 Å². The van der Waals surface area contributed by atoms with Gasteiger partial charge in [-0.1, -0.05) is 0 Å². The van der Waals surface area contributed by atoms with Crippen LogP contribution in [-0.4, -0.2) is 28.5 Å². The molecular formula is C7H15ClOSn. The Balaban J connectivity index is 3.87. The summed E-state index contributed by atoms with van der Waals surface area (Å²) < 4.78 is 1.09. The summed E-state index contributed by atoms with van der Waals surface area (Å²) in [6.07, 6.45) is 0.384. The van der Waals surface area contributed by atoms with Gasteiger partial charge in [0, 0.05) is 0 Å². The minimum absolute atomic E-state index is 0.290. The fourth-order valence-corrected chi connectivity index (χ4v) is 3.35. The van der Waals surface area contributed by atoms with E-state index in [1.54, 1.807) is 6.92 Å². The predicted molar refractivity (Wildman–Crippen MR) is 48.8 cm³/mol. The van der Waals surface area contributed by atoms with Crippen LogP contribution in [0.2, 0.25) is 9.88 Å². The van der Waals surface area contributed by atoms with Crippen LogP contribution < -0.4 is 0 Å². The van der Waals surface area contributed by atoms with Gasteiger partial charge in [-0.05, 0) is 0 Å². The van der Waals surface area contributed by atoms with Gasteiger partial charge in [-0.2, -0.15) is 0 Å². The van der Waals surface area contributed by atoms with Crippen LogP contribution in [0.15, 0.2) is 10.2 Å². The summed E-state index contributed by atoms with van der Waals surface area (Å²) in [7, 11) is 6.13. The summed E-state index contributed by atoms with van der Waals surface area (Å²) in [4.78, 5) is 4.17. The average Bonchev–Trinajstić information content (AvgIpc) is 1.60. The van der Waals surface area contributed by atoms with E-state index in [1.165, 1.54) is 0 Å². The van der Waals surface area contributed by atoms with Crippen LogP contribution in [0.1, 0.15) is 13.3 Å². The van der Waals surface area contributed by atoms with Crippen LogP contribution in [0.3, 0.4) is 0 Å². The van der Waals surface area contributed by atoms with E-state index in [9.17, 15) is 0 Å². The van der Waals surface area contributed by atoms with Crippen LogP contribution in [0.4, 0.5) is 0 Å². The van der Waals surface area contributed by atoms with E-state index in [4.69, 9.17) is 14.0 Å². The number of hydrogen-bond acceptors (Lipinski definition) is 1. The molecule has 0 aromatic heterocycles. The molecule has 0 amide bonds. The molecule has 0 spiro atoms. The monoisotopic (exact) mass is 270 g/mol. The standard InChI is InChI=1S/C5H9O.2CH3.ClH.Sn/c1-3-4-5(2)6;;;;/h5-6H,1,4H2,2H3;2*1H3;1H;/q;;;;+1/p-1. The summed E-state index contributed by atoms with van der Waals surface area (Å²) in [5.41, 5.74) is 0. The fraction of sp³-hybridized carbons (Fsp3) is 0.714. The Hall–Kier alpha value is 0.789. The molecule has 1 unspecified atom stereocenters. The van der Waals surface area contributed by atoms with Crippen molar-refractivity contribution < 1.29 is 5.11 Å². The Morgan fingerprint density at radius 2 is 2.10 bits per heavy atom. The molecular weight excluding hydrogens is 254 g/mol. The van der Waals surface area contributed by atoms with Gasteiger partial charge >= 0.3 is 70.8 Å². The first-order valence-electron chi connectivity index (χ1n) is 3.39. The van der Waals surface area contributed by atoms with Gasteiger partial charge in [0.15, 0.2) is 0 Å². The third kappa shape index (κ3) is 4.58. The Kier molecular flexibility index (Phi) is 4.29. The maximum atomic E-state index is 9.00. The van der Waals surface area contributed by atoms with Crippen LogP contribution in [0.25, 0.3) is 0 Å². The fourth-order valence-electron chi connectivity index (χ4n) is 0.599. The van der Waals surface area contributed by atoms with Crippen LogP contribution >= 0.6 is 8.92 Å². The third-order valence-corrected chi connectivity index (χ3v) is 8.56. The van der Waals surface area contributed by atoms with Crippen molar-refractivity contribution in [3.05, 3.63) is 10.2 Å². The zero-order chi connectivity index (χ0) is 8.36. The second-order valence-corrected chi connectivity index (χ2v) is 19.9. The molecule has 0 bridgehead atoms. The van der Waals surface area contributed by atoms with Gasteiger partial charge in [0.2, 0.25) is 0 Å². The molecule has 3 heteroatoms. The Bertz CT molecular complexity index is 126. The van der Waals surface area contributed by atoms with E-state index in [2.05, 4.69) is 16.5 Å². The number of aliphatic hydroxyl groups excluding tert-OH is 1. The summed E-state index contributed by atoms with van der Waals surface area (Å²) in [5, 5.41) is 9.00. The molecule has 1 nitrogen and oxygen atoms in total.